The highest BCUT2D eigenvalue weighted by molar-refractivity contribution is 5.56. The highest BCUT2D eigenvalue weighted by atomic mass is 19.4. The normalized spacial score (nSPS) is 11.7. The number of hydrogen-bond donors (Lipinski definition) is 1. The number of nitrogens with zero attached hydrogens (tertiary/aromatic N) is 2. The third kappa shape index (κ3) is 3.42. The second-order valence-corrected chi connectivity index (χ2v) is 4.72. The lowest BCUT2D eigenvalue weighted by atomic mass is 10.1. The number of aryl methyl sites for hydroxylation is 1. The summed E-state index contributed by atoms with van der Waals surface area (Å²) in [6, 6.07) is 4.63. The fraction of sp³-hybridized carbons (Fsp3) is 0.333. The molecular formula is C15H15F3N2O2. The topological polar surface area (TPSA) is 55.2 Å². The van der Waals surface area contributed by atoms with Crippen molar-refractivity contribution in [3.63, 3.8) is 0 Å². The van der Waals surface area contributed by atoms with Gasteiger partial charge in [0.1, 0.15) is 0 Å². The van der Waals surface area contributed by atoms with Gasteiger partial charge < -0.3 is 9.84 Å². The van der Waals surface area contributed by atoms with Gasteiger partial charge in [-0.05, 0) is 19.1 Å². The van der Waals surface area contributed by atoms with E-state index in [1.54, 1.807) is 6.92 Å². The Bertz CT molecular complexity index is 655. The largest absolute Gasteiger partial charge is 0.416 e. The molecule has 0 saturated heterocycles. The van der Waals surface area contributed by atoms with E-state index in [-0.39, 0.29) is 13.2 Å². The third-order valence-electron chi connectivity index (χ3n) is 3.21. The molecule has 0 bridgehead atoms. The van der Waals surface area contributed by atoms with E-state index >= 15 is 0 Å². The molecule has 0 aliphatic heterocycles. The number of ether oxygens (including phenoxy) is 1. The quantitative estimate of drug-likeness (QED) is 0.942. The van der Waals surface area contributed by atoms with E-state index in [0.717, 1.165) is 12.1 Å². The number of aliphatic hydroxyl groups excluding tert-OH is 1. The average Bonchev–Trinajstić information content (AvgIpc) is 2.46. The van der Waals surface area contributed by atoms with Gasteiger partial charge in [-0.15, -0.1) is 0 Å². The van der Waals surface area contributed by atoms with Crippen LogP contribution in [0.25, 0.3) is 11.4 Å². The second-order valence-electron chi connectivity index (χ2n) is 4.72. The average molecular weight is 312 g/mol. The Kier molecular flexibility index (Phi) is 4.77. The summed E-state index contributed by atoms with van der Waals surface area (Å²) in [6.45, 7) is 1.67. The zero-order chi connectivity index (χ0) is 16.3. The number of alkyl halides is 3. The highest BCUT2D eigenvalue weighted by Gasteiger charge is 2.30. The molecule has 1 aromatic heterocycles. The van der Waals surface area contributed by atoms with Crippen molar-refractivity contribution in [1.29, 1.82) is 0 Å². The van der Waals surface area contributed by atoms with Gasteiger partial charge in [-0.25, -0.2) is 9.97 Å². The Morgan fingerprint density at radius 2 is 1.77 bits per heavy atom. The van der Waals surface area contributed by atoms with Crippen molar-refractivity contribution >= 4 is 0 Å². The minimum absolute atomic E-state index is 0.187. The van der Waals surface area contributed by atoms with Gasteiger partial charge in [0.05, 0.1) is 24.5 Å². The molecule has 22 heavy (non-hydrogen) atoms. The summed E-state index contributed by atoms with van der Waals surface area (Å²) in [4.78, 5) is 8.52. The Hall–Kier alpha value is -1.99. The maximum absolute atomic E-state index is 12.6. The number of methoxy groups -OCH3 is 1. The van der Waals surface area contributed by atoms with Crippen LogP contribution in [0.5, 0.6) is 0 Å². The molecule has 2 rings (SSSR count). The first-order chi connectivity index (χ1) is 10.4. The molecule has 0 aliphatic rings. The maximum atomic E-state index is 12.6. The van der Waals surface area contributed by atoms with Crippen LogP contribution in [-0.2, 0) is 24.1 Å². The van der Waals surface area contributed by atoms with Gasteiger partial charge in [0.15, 0.2) is 5.82 Å². The molecule has 1 heterocycles. The molecule has 1 N–H and O–H groups in total. The number of rotatable bonds is 4. The van der Waals surface area contributed by atoms with Crippen LogP contribution in [0.15, 0.2) is 24.3 Å². The number of aromatic nitrogens is 2. The fourth-order valence-corrected chi connectivity index (χ4v) is 2.05. The number of hydrogen-bond acceptors (Lipinski definition) is 4. The van der Waals surface area contributed by atoms with Crippen LogP contribution in [0.3, 0.4) is 0 Å². The summed E-state index contributed by atoms with van der Waals surface area (Å²) >= 11 is 0. The van der Waals surface area contributed by atoms with Crippen LogP contribution >= 0.6 is 0 Å². The van der Waals surface area contributed by atoms with Gasteiger partial charge in [0.2, 0.25) is 0 Å². The zero-order valence-corrected chi connectivity index (χ0v) is 12.1. The molecule has 1 aromatic carbocycles. The smallest absolute Gasteiger partial charge is 0.392 e. The van der Waals surface area contributed by atoms with Crippen molar-refractivity contribution < 1.29 is 23.0 Å². The van der Waals surface area contributed by atoms with Crippen molar-refractivity contribution in [3.05, 3.63) is 46.8 Å². The van der Waals surface area contributed by atoms with Crippen LogP contribution in [0, 0.1) is 6.92 Å². The molecule has 0 aliphatic carbocycles. The van der Waals surface area contributed by atoms with Crippen LogP contribution in [0.4, 0.5) is 13.2 Å². The molecule has 0 unspecified atom stereocenters. The predicted octanol–water partition coefficient (Wildman–Crippen LogP) is 3.11. The lowest BCUT2D eigenvalue weighted by Crippen LogP contribution is -2.07. The molecule has 0 saturated carbocycles. The van der Waals surface area contributed by atoms with Gasteiger partial charge in [-0.2, -0.15) is 13.2 Å². The molecule has 4 nitrogen and oxygen atoms in total. The second kappa shape index (κ2) is 6.41. The lowest BCUT2D eigenvalue weighted by Gasteiger charge is -2.12. The van der Waals surface area contributed by atoms with E-state index < -0.39 is 11.7 Å². The number of benzene rings is 1. The minimum atomic E-state index is -4.38. The van der Waals surface area contributed by atoms with E-state index in [1.807, 2.05) is 0 Å². The minimum Gasteiger partial charge on any atom is -0.392 e. The fourth-order valence-electron chi connectivity index (χ4n) is 2.05. The van der Waals surface area contributed by atoms with E-state index in [1.165, 1.54) is 19.2 Å². The van der Waals surface area contributed by atoms with Crippen molar-refractivity contribution in [2.75, 3.05) is 7.11 Å². The summed E-state index contributed by atoms with van der Waals surface area (Å²) < 4.78 is 42.8. The SMILES string of the molecule is COCc1nc(-c2ccc(C(F)(F)F)cc2)nc(C)c1CO. The summed E-state index contributed by atoms with van der Waals surface area (Å²) in [5, 5.41) is 9.35. The zero-order valence-electron chi connectivity index (χ0n) is 12.1. The van der Waals surface area contributed by atoms with Gasteiger partial charge in [0.25, 0.3) is 0 Å². The van der Waals surface area contributed by atoms with E-state index in [4.69, 9.17) is 4.74 Å². The van der Waals surface area contributed by atoms with Gasteiger partial charge in [-0.1, -0.05) is 12.1 Å². The lowest BCUT2D eigenvalue weighted by molar-refractivity contribution is -0.137. The Morgan fingerprint density at radius 3 is 2.27 bits per heavy atom. The van der Waals surface area contributed by atoms with E-state index in [9.17, 15) is 18.3 Å². The maximum Gasteiger partial charge on any atom is 0.416 e. The highest BCUT2D eigenvalue weighted by Crippen LogP contribution is 2.30. The van der Waals surface area contributed by atoms with Gasteiger partial charge in [0, 0.05) is 23.9 Å². The van der Waals surface area contributed by atoms with Crippen LogP contribution in [0.2, 0.25) is 0 Å². The molecule has 7 heteroatoms. The molecule has 118 valence electrons. The van der Waals surface area contributed by atoms with Gasteiger partial charge >= 0.3 is 6.18 Å². The molecule has 0 fully saturated rings. The Morgan fingerprint density at radius 1 is 1.14 bits per heavy atom. The number of aliphatic hydroxyl groups is 1. The Balaban J connectivity index is 2.44. The van der Waals surface area contributed by atoms with Crippen molar-refractivity contribution in [1.82, 2.24) is 9.97 Å². The predicted molar refractivity (Wildman–Crippen MR) is 73.8 cm³/mol. The third-order valence-corrected chi connectivity index (χ3v) is 3.21. The van der Waals surface area contributed by atoms with Crippen molar-refractivity contribution in [2.45, 2.75) is 26.3 Å². The van der Waals surface area contributed by atoms with Gasteiger partial charge in [-0.3, -0.25) is 0 Å². The van der Waals surface area contributed by atoms with Crippen LogP contribution < -0.4 is 0 Å². The first kappa shape index (κ1) is 16.4. The summed E-state index contributed by atoms with van der Waals surface area (Å²) in [5.41, 5.74) is 1.40. The molecule has 0 radical (unpaired) electrons. The Labute approximate surface area is 125 Å². The van der Waals surface area contributed by atoms with E-state index in [2.05, 4.69) is 9.97 Å². The molecular weight excluding hydrogens is 297 g/mol. The first-order valence-electron chi connectivity index (χ1n) is 6.50. The summed E-state index contributed by atoms with van der Waals surface area (Å²) in [6.07, 6.45) is -4.38. The molecule has 0 spiro atoms. The molecule has 0 atom stereocenters. The van der Waals surface area contributed by atoms with Crippen molar-refractivity contribution in [3.8, 4) is 11.4 Å². The van der Waals surface area contributed by atoms with Crippen LogP contribution in [-0.4, -0.2) is 22.2 Å². The van der Waals surface area contributed by atoms with E-state index in [0.29, 0.717) is 28.3 Å². The first-order valence-corrected chi connectivity index (χ1v) is 6.50. The summed E-state index contributed by atoms with van der Waals surface area (Å²) in [7, 11) is 1.50. The monoisotopic (exact) mass is 312 g/mol. The standard InChI is InChI=1S/C15H15F3N2O2/c1-9-12(7-21)13(8-22-2)20-14(19-9)10-3-5-11(6-4-10)15(16,17)18/h3-6,21H,7-8H2,1-2H3. The number of halogens is 3. The van der Waals surface area contributed by atoms with Crippen molar-refractivity contribution in [2.24, 2.45) is 0 Å². The molecule has 2 aromatic rings. The van der Waals surface area contributed by atoms with Crippen LogP contribution in [0.1, 0.15) is 22.5 Å². The summed E-state index contributed by atoms with van der Waals surface area (Å²) in [5.74, 6) is 0.301. The molecule has 0 amide bonds.